The van der Waals surface area contributed by atoms with E-state index >= 15 is 0 Å². The molecule has 3 aromatic rings. The summed E-state index contributed by atoms with van der Waals surface area (Å²) in [6.45, 7) is 2.66. The number of nitrogens with zero attached hydrogens (tertiary/aromatic N) is 2. The molecule has 4 N–H and O–H groups in total. The van der Waals surface area contributed by atoms with Crippen molar-refractivity contribution in [2.45, 2.75) is 25.6 Å². The smallest absolute Gasteiger partial charge is 0.417 e. The molecule has 0 atom stereocenters. The number of H-pyrrole nitrogens is 1. The quantitative estimate of drug-likeness (QED) is 0.385. The van der Waals surface area contributed by atoms with E-state index in [0.717, 1.165) is 48.5 Å². The maximum absolute atomic E-state index is 13.7. The summed E-state index contributed by atoms with van der Waals surface area (Å²) in [5.74, 6) is -0.556. The third-order valence-corrected chi connectivity index (χ3v) is 5.74. The number of hydrogen-bond donors (Lipinski definition) is 3. The minimum absolute atomic E-state index is 0.0427. The topological polar surface area (TPSA) is 98.4 Å². The van der Waals surface area contributed by atoms with Crippen molar-refractivity contribution < 1.29 is 22.7 Å². The number of hydrogen-bond acceptors (Lipinski definition) is 4. The van der Waals surface area contributed by atoms with Crippen molar-refractivity contribution in [1.29, 1.82) is 5.41 Å². The molecule has 1 aliphatic heterocycles. The summed E-state index contributed by atoms with van der Waals surface area (Å²) in [6, 6.07) is 10.7. The van der Waals surface area contributed by atoms with Gasteiger partial charge in [-0.3, -0.25) is 20.0 Å². The molecule has 174 valence electrons. The van der Waals surface area contributed by atoms with E-state index < -0.39 is 23.6 Å². The first kappa shape index (κ1) is 22.7. The monoisotopic (exact) mass is 459 g/mol. The average molecular weight is 459 g/mol. The van der Waals surface area contributed by atoms with Gasteiger partial charge in [-0.15, -0.1) is 0 Å². The number of aromatic amines is 1. The Bertz CT molecular complexity index is 1200. The molecule has 1 aromatic heterocycles. The van der Waals surface area contributed by atoms with Crippen LogP contribution in [0.2, 0.25) is 0 Å². The summed E-state index contributed by atoms with van der Waals surface area (Å²) in [4.78, 5) is 18.5. The Morgan fingerprint density at radius 3 is 2.55 bits per heavy atom. The van der Waals surface area contributed by atoms with Crippen LogP contribution in [0, 0.1) is 5.41 Å². The highest BCUT2D eigenvalue weighted by atomic mass is 19.4. The van der Waals surface area contributed by atoms with Crippen LogP contribution in [-0.2, 0) is 12.7 Å². The number of likely N-dealkylation sites (tertiary alicyclic amines) is 1. The van der Waals surface area contributed by atoms with Crippen LogP contribution >= 0.6 is 0 Å². The number of fused-ring (bicyclic) bond motifs is 1. The SMILES string of the molecule is CN(C(=N)N)C(=O)c1cc2c(C(F)(F)F)ccc(Oc3ccccc3CN3CCCC3)c2[nH]1. The summed E-state index contributed by atoms with van der Waals surface area (Å²) in [7, 11) is 1.27. The zero-order valence-corrected chi connectivity index (χ0v) is 18.0. The van der Waals surface area contributed by atoms with Crippen molar-refractivity contribution in [3.63, 3.8) is 0 Å². The van der Waals surface area contributed by atoms with Crippen molar-refractivity contribution in [1.82, 2.24) is 14.8 Å². The lowest BCUT2D eigenvalue weighted by Gasteiger charge is -2.18. The number of nitrogens with one attached hydrogen (secondary N) is 2. The minimum atomic E-state index is -4.63. The van der Waals surface area contributed by atoms with Crippen molar-refractivity contribution in [3.8, 4) is 11.5 Å². The van der Waals surface area contributed by atoms with E-state index in [1.54, 1.807) is 12.1 Å². The molecular formula is C23H24F3N5O2. The first-order valence-electron chi connectivity index (χ1n) is 10.5. The summed E-state index contributed by atoms with van der Waals surface area (Å²) in [5, 5.41) is 7.23. The second kappa shape index (κ2) is 8.78. The van der Waals surface area contributed by atoms with E-state index in [1.165, 1.54) is 13.1 Å². The number of nitrogens with two attached hydrogens (primary N) is 1. The third kappa shape index (κ3) is 4.65. The first-order chi connectivity index (χ1) is 15.6. The van der Waals surface area contributed by atoms with Crippen LogP contribution in [0.15, 0.2) is 42.5 Å². The van der Waals surface area contributed by atoms with E-state index in [-0.39, 0.29) is 22.3 Å². The largest absolute Gasteiger partial charge is 0.455 e. The molecule has 1 fully saturated rings. The zero-order valence-electron chi connectivity index (χ0n) is 18.0. The maximum atomic E-state index is 13.7. The lowest BCUT2D eigenvalue weighted by atomic mass is 10.1. The van der Waals surface area contributed by atoms with Crippen molar-refractivity contribution in [2.24, 2.45) is 5.73 Å². The van der Waals surface area contributed by atoms with Gasteiger partial charge in [0.1, 0.15) is 11.4 Å². The molecule has 2 heterocycles. The van der Waals surface area contributed by atoms with E-state index in [1.807, 2.05) is 12.1 Å². The second-order valence-electron chi connectivity index (χ2n) is 8.02. The molecule has 4 rings (SSSR count). The van der Waals surface area contributed by atoms with Gasteiger partial charge in [0.25, 0.3) is 5.91 Å². The normalized spacial score (nSPS) is 14.5. The van der Waals surface area contributed by atoms with Gasteiger partial charge in [0.2, 0.25) is 0 Å². The lowest BCUT2D eigenvalue weighted by Crippen LogP contribution is -2.38. The standard InChI is InChI=1S/C23H24F3N5O2/c1-30(22(27)28)21(32)17-12-15-16(23(24,25)26)8-9-19(20(15)29-17)33-18-7-3-2-6-14(18)13-31-10-4-5-11-31/h2-3,6-9,12,29H,4-5,10-11,13H2,1H3,(H3,27,28). The number of amides is 1. The number of para-hydroxylation sites is 1. The lowest BCUT2D eigenvalue weighted by molar-refractivity contribution is -0.136. The number of alkyl halides is 3. The molecule has 0 bridgehead atoms. The molecule has 1 saturated heterocycles. The van der Waals surface area contributed by atoms with Gasteiger partial charge in [0.05, 0.1) is 11.1 Å². The molecule has 1 aliphatic rings. The third-order valence-electron chi connectivity index (χ3n) is 5.74. The number of ether oxygens (including phenoxy) is 1. The Kier molecular flexibility index (Phi) is 6.03. The predicted molar refractivity (Wildman–Crippen MR) is 118 cm³/mol. The number of aromatic nitrogens is 1. The maximum Gasteiger partial charge on any atom is 0.417 e. The van der Waals surface area contributed by atoms with Crippen LogP contribution in [0.5, 0.6) is 11.5 Å². The van der Waals surface area contributed by atoms with Crippen LogP contribution < -0.4 is 10.5 Å². The van der Waals surface area contributed by atoms with Crippen LogP contribution in [-0.4, -0.2) is 46.8 Å². The molecule has 10 heteroatoms. The number of guanidine groups is 1. The Balaban J connectivity index is 1.76. The Labute approximate surface area is 188 Å². The van der Waals surface area contributed by atoms with E-state index in [9.17, 15) is 18.0 Å². The van der Waals surface area contributed by atoms with Crippen LogP contribution in [0.25, 0.3) is 10.9 Å². The Morgan fingerprint density at radius 2 is 1.88 bits per heavy atom. The van der Waals surface area contributed by atoms with Crippen LogP contribution in [0.1, 0.15) is 34.5 Å². The molecule has 0 aliphatic carbocycles. The van der Waals surface area contributed by atoms with E-state index in [4.69, 9.17) is 15.9 Å². The van der Waals surface area contributed by atoms with Crippen molar-refractivity contribution in [2.75, 3.05) is 20.1 Å². The second-order valence-corrected chi connectivity index (χ2v) is 8.02. The molecular weight excluding hydrogens is 435 g/mol. The number of benzene rings is 2. The number of carbonyl (C=O) groups is 1. The number of halogens is 3. The summed E-state index contributed by atoms with van der Waals surface area (Å²) in [5.41, 5.74) is 5.29. The number of rotatable bonds is 5. The highest BCUT2D eigenvalue weighted by Gasteiger charge is 2.34. The van der Waals surface area contributed by atoms with Gasteiger partial charge in [0.15, 0.2) is 11.7 Å². The molecule has 0 spiro atoms. The molecule has 33 heavy (non-hydrogen) atoms. The van der Waals surface area contributed by atoms with Gasteiger partial charge in [0, 0.05) is 24.5 Å². The Hall–Kier alpha value is -3.53. The van der Waals surface area contributed by atoms with Gasteiger partial charge in [-0.25, -0.2) is 0 Å². The van der Waals surface area contributed by atoms with Gasteiger partial charge < -0.3 is 15.5 Å². The minimum Gasteiger partial charge on any atom is -0.455 e. The fourth-order valence-corrected chi connectivity index (χ4v) is 3.97. The zero-order chi connectivity index (χ0) is 23.8. The molecule has 0 saturated carbocycles. The van der Waals surface area contributed by atoms with Gasteiger partial charge in [-0.05, 0) is 50.2 Å². The summed E-state index contributed by atoms with van der Waals surface area (Å²) in [6.07, 6.45) is -2.35. The van der Waals surface area contributed by atoms with Crippen molar-refractivity contribution in [3.05, 3.63) is 59.3 Å². The van der Waals surface area contributed by atoms with Crippen molar-refractivity contribution >= 4 is 22.8 Å². The summed E-state index contributed by atoms with van der Waals surface area (Å²) >= 11 is 0. The van der Waals surface area contributed by atoms with E-state index in [0.29, 0.717) is 12.3 Å². The van der Waals surface area contributed by atoms with Gasteiger partial charge in [-0.2, -0.15) is 13.2 Å². The molecule has 0 radical (unpaired) electrons. The van der Waals surface area contributed by atoms with Gasteiger partial charge >= 0.3 is 6.18 Å². The van der Waals surface area contributed by atoms with Crippen LogP contribution in [0.4, 0.5) is 13.2 Å². The molecule has 0 unspecified atom stereocenters. The summed E-state index contributed by atoms with van der Waals surface area (Å²) < 4.78 is 47.1. The number of carbonyl (C=O) groups excluding carboxylic acids is 1. The highest BCUT2D eigenvalue weighted by molar-refractivity contribution is 6.06. The highest BCUT2D eigenvalue weighted by Crippen LogP contribution is 2.40. The van der Waals surface area contributed by atoms with E-state index in [2.05, 4.69) is 9.88 Å². The molecule has 2 aromatic carbocycles. The van der Waals surface area contributed by atoms with Gasteiger partial charge in [-0.1, -0.05) is 18.2 Å². The first-order valence-corrected chi connectivity index (χ1v) is 10.5. The fourth-order valence-electron chi connectivity index (χ4n) is 3.97. The van der Waals surface area contributed by atoms with Crippen LogP contribution in [0.3, 0.4) is 0 Å². The average Bonchev–Trinajstić information content (AvgIpc) is 3.43. The predicted octanol–water partition coefficient (Wildman–Crippen LogP) is 4.54. The fraction of sp³-hybridized carbons (Fsp3) is 0.304. The molecule has 1 amide bonds. The Morgan fingerprint density at radius 1 is 1.18 bits per heavy atom. The molecule has 7 nitrogen and oxygen atoms in total.